The zero-order valence-electron chi connectivity index (χ0n) is 12.6. The lowest BCUT2D eigenvalue weighted by atomic mass is 10.0. The Balaban J connectivity index is 1.84. The van der Waals surface area contributed by atoms with Crippen LogP contribution >= 0.6 is 0 Å². The third-order valence-electron chi connectivity index (χ3n) is 3.48. The van der Waals surface area contributed by atoms with E-state index in [9.17, 15) is 4.79 Å². The van der Waals surface area contributed by atoms with Crippen LogP contribution in [0.5, 0.6) is 0 Å². The summed E-state index contributed by atoms with van der Waals surface area (Å²) in [6, 6.07) is 15.8. The SMILES string of the molecule is CC(C)c1ccc(CNC(=O)Cc2ccc(N)cc2)cc1. The number of nitrogens with two attached hydrogens (primary N) is 1. The fourth-order valence-electron chi connectivity index (χ4n) is 2.10. The lowest BCUT2D eigenvalue weighted by Gasteiger charge is -2.08. The predicted octanol–water partition coefficient (Wildman–Crippen LogP) is 3.25. The third-order valence-corrected chi connectivity index (χ3v) is 3.48. The Morgan fingerprint density at radius 2 is 1.57 bits per heavy atom. The van der Waals surface area contributed by atoms with Crippen LogP contribution in [0.15, 0.2) is 48.5 Å². The van der Waals surface area contributed by atoms with Crippen molar-refractivity contribution >= 4 is 11.6 Å². The topological polar surface area (TPSA) is 55.1 Å². The summed E-state index contributed by atoms with van der Waals surface area (Å²) in [6.07, 6.45) is 0.379. The molecule has 3 heteroatoms. The maximum atomic E-state index is 11.9. The largest absolute Gasteiger partial charge is 0.399 e. The van der Waals surface area contributed by atoms with E-state index in [0.29, 0.717) is 24.6 Å². The summed E-state index contributed by atoms with van der Waals surface area (Å²) in [5.74, 6) is 0.548. The van der Waals surface area contributed by atoms with Gasteiger partial charge in [0.05, 0.1) is 6.42 Å². The van der Waals surface area contributed by atoms with Gasteiger partial charge in [-0.25, -0.2) is 0 Å². The first-order valence-corrected chi connectivity index (χ1v) is 7.24. The molecule has 0 aliphatic rings. The maximum Gasteiger partial charge on any atom is 0.224 e. The van der Waals surface area contributed by atoms with Gasteiger partial charge in [-0.2, -0.15) is 0 Å². The summed E-state index contributed by atoms with van der Waals surface area (Å²) >= 11 is 0. The van der Waals surface area contributed by atoms with Crippen molar-refractivity contribution < 1.29 is 4.79 Å². The minimum Gasteiger partial charge on any atom is -0.399 e. The molecule has 0 bridgehead atoms. The fourth-order valence-corrected chi connectivity index (χ4v) is 2.10. The minimum absolute atomic E-state index is 0.0210. The van der Waals surface area contributed by atoms with E-state index in [4.69, 9.17) is 5.73 Å². The highest BCUT2D eigenvalue weighted by molar-refractivity contribution is 5.78. The molecule has 3 nitrogen and oxygen atoms in total. The zero-order chi connectivity index (χ0) is 15.2. The molecule has 0 aliphatic heterocycles. The maximum absolute atomic E-state index is 11.9. The number of anilines is 1. The molecule has 1 amide bonds. The Morgan fingerprint density at radius 3 is 2.14 bits per heavy atom. The Kier molecular flexibility index (Phi) is 4.99. The second kappa shape index (κ2) is 6.93. The average Bonchev–Trinajstić information content (AvgIpc) is 2.48. The van der Waals surface area contributed by atoms with Crippen LogP contribution in [0.3, 0.4) is 0 Å². The second-order valence-corrected chi connectivity index (χ2v) is 5.59. The van der Waals surface area contributed by atoms with Gasteiger partial charge in [0.25, 0.3) is 0 Å². The summed E-state index contributed by atoms with van der Waals surface area (Å²) in [5.41, 5.74) is 9.73. The van der Waals surface area contributed by atoms with Crippen LogP contribution in [-0.2, 0) is 17.8 Å². The van der Waals surface area contributed by atoms with E-state index < -0.39 is 0 Å². The van der Waals surface area contributed by atoms with E-state index in [1.165, 1.54) is 5.56 Å². The van der Waals surface area contributed by atoms with E-state index in [1.807, 2.05) is 24.3 Å². The fraction of sp³-hybridized carbons (Fsp3) is 0.278. The van der Waals surface area contributed by atoms with E-state index in [2.05, 4.69) is 43.4 Å². The molecule has 0 saturated heterocycles. The summed E-state index contributed by atoms with van der Waals surface area (Å²) in [6.45, 7) is 4.90. The molecule has 0 fully saturated rings. The van der Waals surface area contributed by atoms with Crippen molar-refractivity contribution in [3.8, 4) is 0 Å². The first kappa shape index (κ1) is 15.1. The zero-order valence-corrected chi connectivity index (χ0v) is 12.6. The number of carbonyl (C=O) groups excluding carboxylic acids is 1. The Morgan fingerprint density at radius 1 is 1.00 bits per heavy atom. The number of nitrogens with one attached hydrogen (secondary N) is 1. The summed E-state index contributed by atoms with van der Waals surface area (Å²) in [5, 5.41) is 2.94. The van der Waals surface area contributed by atoms with Crippen molar-refractivity contribution in [2.24, 2.45) is 0 Å². The smallest absolute Gasteiger partial charge is 0.224 e. The van der Waals surface area contributed by atoms with Gasteiger partial charge in [0.15, 0.2) is 0 Å². The van der Waals surface area contributed by atoms with Crippen molar-refractivity contribution in [2.45, 2.75) is 32.7 Å². The molecule has 3 N–H and O–H groups in total. The Bertz CT molecular complexity index is 586. The highest BCUT2D eigenvalue weighted by Crippen LogP contribution is 2.14. The van der Waals surface area contributed by atoms with Gasteiger partial charge in [0.1, 0.15) is 0 Å². The van der Waals surface area contributed by atoms with Gasteiger partial charge in [-0.1, -0.05) is 50.2 Å². The second-order valence-electron chi connectivity index (χ2n) is 5.59. The number of rotatable bonds is 5. The van der Waals surface area contributed by atoms with Crippen LogP contribution in [0, 0.1) is 0 Å². The third kappa shape index (κ3) is 4.63. The average molecular weight is 282 g/mol. The lowest BCUT2D eigenvalue weighted by molar-refractivity contribution is -0.120. The molecule has 0 spiro atoms. The predicted molar refractivity (Wildman–Crippen MR) is 86.9 cm³/mol. The Hall–Kier alpha value is -2.29. The highest BCUT2D eigenvalue weighted by Gasteiger charge is 2.04. The number of carbonyl (C=O) groups is 1. The van der Waals surface area contributed by atoms with Gasteiger partial charge < -0.3 is 11.1 Å². The Labute approximate surface area is 126 Å². The minimum atomic E-state index is 0.0210. The molecular weight excluding hydrogens is 260 g/mol. The van der Waals surface area contributed by atoms with Crippen LogP contribution in [0.25, 0.3) is 0 Å². The standard InChI is InChI=1S/C18H22N2O/c1-13(2)16-7-3-15(4-8-16)12-20-18(21)11-14-5-9-17(19)10-6-14/h3-10,13H,11-12,19H2,1-2H3,(H,20,21). The molecule has 0 heterocycles. The normalized spacial score (nSPS) is 10.6. The number of hydrogen-bond acceptors (Lipinski definition) is 2. The van der Waals surface area contributed by atoms with Crippen molar-refractivity contribution in [1.29, 1.82) is 0 Å². The van der Waals surface area contributed by atoms with E-state index in [0.717, 1.165) is 11.1 Å². The summed E-state index contributed by atoms with van der Waals surface area (Å²) in [4.78, 5) is 11.9. The van der Waals surface area contributed by atoms with Gasteiger partial charge in [-0.3, -0.25) is 4.79 Å². The highest BCUT2D eigenvalue weighted by atomic mass is 16.1. The quantitative estimate of drug-likeness (QED) is 0.827. The van der Waals surface area contributed by atoms with Gasteiger partial charge in [0, 0.05) is 12.2 Å². The molecule has 2 rings (SSSR count). The van der Waals surface area contributed by atoms with Crippen molar-refractivity contribution in [3.05, 3.63) is 65.2 Å². The van der Waals surface area contributed by atoms with Gasteiger partial charge in [-0.05, 0) is 34.7 Å². The van der Waals surface area contributed by atoms with E-state index in [-0.39, 0.29) is 5.91 Å². The molecule has 0 aliphatic carbocycles. The van der Waals surface area contributed by atoms with Crippen LogP contribution in [0.4, 0.5) is 5.69 Å². The van der Waals surface area contributed by atoms with Gasteiger partial charge >= 0.3 is 0 Å². The molecule has 0 atom stereocenters. The molecular formula is C18H22N2O. The lowest BCUT2D eigenvalue weighted by Crippen LogP contribution is -2.24. The monoisotopic (exact) mass is 282 g/mol. The van der Waals surface area contributed by atoms with Crippen molar-refractivity contribution in [1.82, 2.24) is 5.32 Å². The molecule has 0 saturated carbocycles. The van der Waals surface area contributed by atoms with Crippen LogP contribution < -0.4 is 11.1 Å². The number of benzene rings is 2. The van der Waals surface area contributed by atoms with Crippen LogP contribution in [0.2, 0.25) is 0 Å². The van der Waals surface area contributed by atoms with Crippen LogP contribution in [-0.4, -0.2) is 5.91 Å². The first-order chi connectivity index (χ1) is 10.0. The summed E-state index contributed by atoms with van der Waals surface area (Å²) in [7, 11) is 0. The van der Waals surface area contributed by atoms with E-state index in [1.54, 1.807) is 0 Å². The number of nitrogen functional groups attached to an aromatic ring is 1. The van der Waals surface area contributed by atoms with Gasteiger partial charge in [-0.15, -0.1) is 0 Å². The molecule has 21 heavy (non-hydrogen) atoms. The molecule has 2 aromatic carbocycles. The van der Waals surface area contributed by atoms with E-state index >= 15 is 0 Å². The summed E-state index contributed by atoms with van der Waals surface area (Å²) < 4.78 is 0. The molecule has 0 radical (unpaired) electrons. The number of hydrogen-bond donors (Lipinski definition) is 2. The van der Waals surface area contributed by atoms with Gasteiger partial charge in [0.2, 0.25) is 5.91 Å². The van der Waals surface area contributed by atoms with Crippen molar-refractivity contribution in [2.75, 3.05) is 5.73 Å². The molecule has 0 unspecified atom stereocenters. The van der Waals surface area contributed by atoms with Crippen LogP contribution in [0.1, 0.15) is 36.5 Å². The molecule has 0 aromatic heterocycles. The number of amides is 1. The molecule has 2 aromatic rings. The molecule has 110 valence electrons. The van der Waals surface area contributed by atoms with Crippen molar-refractivity contribution in [3.63, 3.8) is 0 Å². The first-order valence-electron chi connectivity index (χ1n) is 7.24.